The quantitative estimate of drug-likeness (QED) is 0.622. The zero-order chi connectivity index (χ0) is 21.1. The fourth-order valence-corrected chi connectivity index (χ4v) is 3.97. The maximum atomic E-state index is 13.0. The van der Waals surface area contributed by atoms with Gasteiger partial charge in [-0.05, 0) is 42.2 Å². The van der Waals surface area contributed by atoms with E-state index in [4.69, 9.17) is 14.5 Å². The molecule has 4 rings (SSSR count). The molecule has 0 bridgehead atoms. The maximum Gasteiger partial charge on any atom is 0.321 e. The normalized spacial score (nSPS) is 20.7. The second kappa shape index (κ2) is 8.57. The van der Waals surface area contributed by atoms with Gasteiger partial charge in [0.2, 0.25) is 11.9 Å². The maximum absolute atomic E-state index is 13.0. The number of ether oxygens (including phenoxy) is 2. The van der Waals surface area contributed by atoms with Crippen LogP contribution in [0.4, 0.5) is 0 Å². The molecule has 2 heterocycles. The van der Waals surface area contributed by atoms with Gasteiger partial charge in [-0.15, -0.1) is 0 Å². The summed E-state index contributed by atoms with van der Waals surface area (Å²) in [5.74, 6) is -0.884. The van der Waals surface area contributed by atoms with Crippen molar-refractivity contribution in [1.82, 2.24) is 10.2 Å². The van der Waals surface area contributed by atoms with Crippen molar-refractivity contribution in [2.45, 2.75) is 25.9 Å². The van der Waals surface area contributed by atoms with E-state index in [1.54, 1.807) is 14.0 Å². The number of carbonyl (C=O) groups is 2. The number of hydrogen-bond acceptors (Lipinski definition) is 6. The zero-order valence-corrected chi connectivity index (χ0v) is 17.1. The standard InChI is InChI=1S/C23H25N3O4/c1-3-30-22(28)19-20(16-9-6-10-18(13-16)29-2)24-23(25-21(19)27)26-12-11-15-7-4-5-8-17(15)14-26/h4-10,13,19-20H,3,11-12,14H2,1-2H3,(H,24,25,27)/t19-,20+/m0/s1. The van der Waals surface area contributed by atoms with Crippen molar-refractivity contribution in [2.24, 2.45) is 10.9 Å². The lowest BCUT2D eigenvalue weighted by atomic mass is 9.91. The first-order chi connectivity index (χ1) is 14.6. The monoisotopic (exact) mass is 407 g/mol. The van der Waals surface area contributed by atoms with Crippen molar-refractivity contribution in [3.8, 4) is 5.75 Å². The third-order valence-corrected chi connectivity index (χ3v) is 5.50. The highest BCUT2D eigenvalue weighted by Crippen LogP contribution is 2.33. The highest BCUT2D eigenvalue weighted by Gasteiger charge is 2.42. The lowest BCUT2D eigenvalue weighted by Crippen LogP contribution is -2.53. The summed E-state index contributed by atoms with van der Waals surface area (Å²) in [5, 5.41) is 2.84. The van der Waals surface area contributed by atoms with E-state index >= 15 is 0 Å². The van der Waals surface area contributed by atoms with Crippen LogP contribution in [0.3, 0.4) is 0 Å². The molecule has 0 saturated carbocycles. The summed E-state index contributed by atoms with van der Waals surface area (Å²) in [6.45, 7) is 3.32. The molecule has 0 aliphatic carbocycles. The largest absolute Gasteiger partial charge is 0.497 e. The van der Waals surface area contributed by atoms with Gasteiger partial charge < -0.3 is 14.4 Å². The summed E-state index contributed by atoms with van der Waals surface area (Å²) in [5.41, 5.74) is 3.26. The van der Waals surface area contributed by atoms with E-state index in [2.05, 4.69) is 22.3 Å². The van der Waals surface area contributed by atoms with E-state index in [1.807, 2.05) is 36.4 Å². The Hall–Kier alpha value is -3.35. The van der Waals surface area contributed by atoms with E-state index in [0.717, 1.165) is 18.5 Å². The highest BCUT2D eigenvalue weighted by molar-refractivity contribution is 6.08. The number of aliphatic imine (C=N–C) groups is 1. The molecule has 7 nitrogen and oxygen atoms in total. The summed E-state index contributed by atoms with van der Waals surface area (Å²) in [6.07, 6.45) is 0.871. The first kappa shape index (κ1) is 19.9. The molecule has 2 aromatic carbocycles. The van der Waals surface area contributed by atoms with Crippen molar-refractivity contribution in [2.75, 3.05) is 20.3 Å². The number of benzene rings is 2. The minimum Gasteiger partial charge on any atom is -0.497 e. The summed E-state index contributed by atoms with van der Waals surface area (Å²) >= 11 is 0. The number of hydrogen-bond donors (Lipinski definition) is 1. The lowest BCUT2D eigenvalue weighted by molar-refractivity contribution is -0.153. The van der Waals surface area contributed by atoms with Gasteiger partial charge >= 0.3 is 5.97 Å². The van der Waals surface area contributed by atoms with Crippen LogP contribution in [0.2, 0.25) is 0 Å². The fourth-order valence-electron chi connectivity index (χ4n) is 3.97. The predicted molar refractivity (Wildman–Crippen MR) is 112 cm³/mol. The van der Waals surface area contributed by atoms with Gasteiger partial charge in [-0.2, -0.15) is 0 Å². The van der Waals surface area contributed by atoms with Crippen molar-refractivity contribution in [3.05, 3.63) is 65.2 Å². The van der Waals surface area contributed by atoms with Gasteiger partial charge in [-0.1, -0.05) is 36.4 Å². The van der Waals surface area contributed by atoms with Crippen LogP contribution in [0.25, 0.3) is 0 Å². The van der Waals surface area contributed by atoms with Gasteiger partial charge in [0.25, 0.3) is 0 Å². The molecule has 1 N–H and O–H groups in total. The van der Waals surface area contributed by atoms with Crippen LogP contribution in [0, 0.1) is 5.92 Å². The number of carbonyl (C=O) groups excluding carboxylic acids is 2. The molecule has 0 unspecified atom stereocenters. The van der Waals surface area contributed by atoms with E-state index in [0.29, 0.717) is 18.3 Å². The predicted octanol–water partition coefficient (Wildman–Crippen LogP) is 2.46. The molecule has 156 valence electrons. The Kier molecular flexibility index (Phi) is 5.70. The Labute approximate surface area is 175 Å². The number of fused-ring (bicyclic) bond motifs is 1. The Morgan fingerprint density at radius 3 is 2.77 bits per heavy atom. The lowest BCUT2D eigenvalue weighted by Gasteiger charge is -2.36. The molecule has 0 fully saturated rings. The number of nitrogens with one attached hydrogen (secondary N) is 1. The van der Waals surface area contributed by atoms with Gasteiger partial charge in [-0.3, -0.25) is 14.9 Å². The minimum absolute atomic E-state index is 0.201. The van der Waals surface area contributed by atoms with E-state index in [-0.39, 0.29) is 6.61 Å². The van der Waals surface area contributed by atoms with Crippen LogP contribution in [0.15, 0.2) is 53.5 Å². The van der Waals surface area contributed by atoms with Crippen molar-refractivity contribution in [1.29, 1.82) is 0 Å². The number of guanidine groups is 1. The van der Waals surface area contributed by atoms with Crippen LogP contribution in [0.1, 0.15) is 29.7 Å². The van der Waals surface area contributed by atoms with E-state index in [9.17, 15) is 9.59 Å². The van der Waals surface area contributed by atoms with E-state index < -0.39 is 23.8 Å². The Balaban J connectivity index is 1.70. The molecule has 0 saturated heterocycles. The molecular weight excluding hydrogens is 382 g/mol. The number of rotatable bonds is 4. The third-order valence-electron chi connectivity index (χ3n) is 5.50. The number of esters is 1. The second-order valence-corrected chi connectivity index (χ2v) is 7.33. The molecule has 0 spiro atoms. The number of amides is 1. The molecule has 7 heteroatoms. The first-order valence-corrected chi connectivity index (χ1v) is 10.1. The van der Waals surface area contributed by atoms with Crippen molar-refractivity contribution < 1.29 is 19.1 Å². The van der Waals surface area contributed by atoms with Gasteiger partial charge in [0.15, 0.2) is 5.92 Å². The zero-order valence-electron chi connectivity index (χ0n) is 17.1. The minimum atomic E-state index is -1.04. The van der Waals surface area contributed by atoms with E-state index in [1.165, 1.54) is 11.1 Å². The van der Waals surface area contributed by atoms with Crippen LogP contribution in [-0.4, -0.2) is 43.0 Å². The van der Waals surface area contributed by atoms with Crippen LogP contribution in [0.5, 0.6) is 5.75 Å². The number of methoxy groups -OCH3 is 1. The summed E-state index contributed by atoms with van der Waals surface area (Å²) in [4.78, 5) is 32.5. The smallest absolute Gasteiger partial charge is 0.321 e. The van der Waals surface area contributed by atoms with Gasteiger partial charge in [-0.25, -0.2) is 4.99 Å². The highest BCUT2D eigenvalue weighted by atomic mass is 16.5. The molecule has 30 heavy (non-hydrogen) atoms. The molecule has 2 aliphatic rings. The summed E-state index contributed by atoms with van der Waals surface area (Å²) in [6, 6.07) is 14.9. The van der Waals surface area contributed by atoms with Gasteiger partial charge in [0.05, 0.1) is 13.7 Å². The third kappa shape index (κ3) is 3.87. The molecular formula is C23H25N3O4. The molecule has 2 aromatic rings. The van der Waals surface area contributed by atoms with Gasteiger partial charge in [0, 0.05) is 13.1 Å². The molecule has 0 radical (unpaired) electrons. The molecule has 1 amide bonds. The Morgan fingerprint density at radius 1 is 1.20 bits per heavy atom. The van der Waals surface area contributed by atoms with Crippen LogP contribution in [-0.2, 0) is 27.3 Å². The summed E-state index contributed by atoms with van der Waals surface area (Å²) in [7, 11) is 1.58. The molecule has 2 aliphatic heterocycles. The Bertz CT molecular complexity index is 988. The van der Waals surface area contributed by atoms with Gasteiger partial charge in [0.1, 0.15) is 11.8 Å². The molecule has 0 aromatic heterocycles. The molecule has 2 atom stereocenters. The average molecular weight is 407 g/mol. The topological polar surface area (TPSA) is 80.2 Å². The fraction of sp³-hybridized carbons (Fsp3) is 0.348. The van der Waals surface area contributed by atoms with Crippen LogP contribution >= 0.6 is 0 Å². The van der Waals surface area contributed by atoms with Crippen molar-refractivity contribution >= 4 is 17.8 Å². The van der Waals surface area contributed by atoms with Crippen LogP contribution < -0.4 is 10.1 Å². The average Bonchev–Trinajstić information content (AvgIpc) is 2.78. The van der Waals surface area contributed by atoms with Crippen molar-refractivity contribution in [3.63, 3.8) is 0 Å². The first-order valence-electron chi connectivity index (χ1n) is 10.1. The summed E-state index contributed by atoms with van der Waals surface area (Å²) < 4.78 is 10.5. The Morgan fingerprint density at radius 2 is 2.00 bits per heavy atom. The second-order valence-electron chi connectivity index (χ2n) is 7.33. The number of nitrogens with zero attached hydrogens (tertiary/aromatic N) is 2. The SMILES string of the molecule is CCOC(=O)[C@@H]1C(=O)NC(N2CCc3ccccc3C2)=N[C@@H]1c1cccc(OC)c1.